The topological polar surface area (TPSA) is 90.3 Å². The van der Waals surface area contributed by atoms with E-state index in [1.165, 1.54) is 10.8 Å². The van der Waals surface area contributed by atoms with Crippen LogP contribution < -0.4 is 11.1 Å². The number of carbonyl (C=O) groups excluding carboxylic acids is 1. The molecule has 2 heterocycles. The standard InChI is InChI=1S/C18H13N3O4/c1-21-14-7-6-12(8-16(14)25-18(21)23)19-9-11(10-22)17-20-13-4-2-3-5-15(13)24-17/h2-10,19H,1H3/b11-9+. The molecule has 124 valence electrons. The number of nitrogens with one attached hydrogen (secondary N) is 1. The first-order valence-corrected chi connectivity index (χ1v) is 7.53. The molecule has 0 saturated carbocycles. The number of rotatable bonds is 4. The fraction of sp³-hybridized carbons (Fsp3) is 0.0556. The lowest BCUT2D eigenvalue weighted by atomic mass is 10.2. The fourth-order valence-electron chi connectivity index (χ4n) is 2.53. The van der Waals surface area contributed by atoms with E-state index in [9.17, 15) is 9.59 Å². The van der Waals surface area contributed by atoms with Gasteiger partial charge in [0.1, 0.15) is 5.52 Å². The lowest BCUT2D eigenvalue weighted by molar-refractivity contribution is -0.103. The van der Waals surface area contributed by atoms with Crippen LogP contribution in [0.3, 0.4) is 0 Å². The first-order valence-electron chi connectivity index (χ1n) is 7.53. The normalized spacial score (nSPS) is 12.0. The van der Waals surface area contributed by atoms with Gasteiger partial charge in [-0.15, -0.1) is 0 Å². The van der Waals surface area contributed by atoms with Crippen LogP contribution in [0.4, 0.5) is 5.69 Å². The Morgan fingerprint density at radius 1 is 1.16 bits per heavy atom. The van der Waals surface area contributed by atoms with Crippen LogP contribution >= 0.6 is 0 Å². The van der Waals surface area contributed by atoms with Crippen molar-refractivity contribution in [3.8, 4) is 0 Å². The zero-order chi connectivity index (χ0) is 17.4. The van der Waals surface area contributed by atoms with Gasteiger partial charge in [0, 0.05) is 25.0 Å². The predicted molar refractivity (Wildman–Crippen MR) is 93.1 cm³/mol. The Kier molecular flexibility index (Phi) is 3.46. The third kappa shape index (κ3) is 2.61. The molecule has 0 aliphatic rings. The van der Waals surface area contributed by atoms with Gasteiger partial charge in [-0.2, -0.15) is 0 Å². The third-order valence-corrected chi connectivity index (χ3v) is 3.85. The molecule has 0 bridgehead atoms. The second-order valence-corrected chi connectivity index (χ2v) is 5.46. The summed E-state index contributed by atoms with van der Waals surface area (Å²) in [6.07, 6.45) is 2.17. The molecule has 0 fully saturated rings. The van der Waals surface area contributed by atoms with Crippen LogP contribution in [0.25, 0.3) is 27.8 Å². The third-order valence-electron chi connectivity index (χ3n) is 3.85. The predicted octanol–water partition coefficient (Wildman–Crippen LogP) is 2.92. The van der Waals surface area contributed by atoms with Crippen LogP contribution in [0.5, 0.6) is 0 Å². The minimum atomic E-state index is -0.428. The van der Waals surface area contributed by atoms with Gasteiger partial charge in [0.25, 0.3) is 0 Å². The van der Waals surface area contributed by atoms with Gasteiger partial charge < -0.3 is 14.2 Å². The number of hydrogen-bond donors (Lipinski definition) is 1. The van der Waals surface area contributed by atoms with Crippen molar-refractivity contribution in [3.05, 3.63) is 65.1 Å². The highest BCUT2D eigenvalue weighted by atomic mass is 16.4. The van der Waals surface area contributed by atoms with E-state index in [1.807, 2.05) is 18.2 Å². The van der Waals surface area contributed by atoms with Crippen molar-refractivity contribution in [1.82, 2.24) is 9.55 Å². The van der Waals surface area contributed by atoms with Gasteiger partial charge in [0.05, 0.1) is 11.1 Å². The summed E-state index contributed by atoms with van der Waals surface area (Å²) >= 11 is 0. The van der Waals surface area contributed by atoms with Crippen LogP contribution in [0.15, 0.2) is 62.3 Å². The fourth-order valence-corrected chi connectivity index (χ4v) is 2.53. The van der Waals surface area contributed by atoms with E-state index in [2.05, 4.69) is 10.3 Å². The Bertz CT molecular complexity index is 1150. The maximum Gasteiger partial charge on any atom is 0.419 e. The number of fused-ring (bicyclic) bond motifs is 2. The molecular weight excluding hydrogens is 322 g/mol. The number of benzene rings is 2. The summed E-state index contributed by atoms with van der Waals surface area (Å²) in [5.41, 5.74) is 3.37. The molecule has 1 N–H and O–H groups in total. The molecule has 0 aliphatic carbocycles. The van der Waals surface area contributed by atoms with Crippen molar-refractivity contribution in [3.63, 3.8) is 0 Å². The van der Waals surface area contributed by atoms with Crippen molar-refractivity contribution in [2.45, 2.75) is 0 Å². The van der Waals surface area contributed by atoms with Gasteiger partial charge in [-0.05, 0) is 24.3 Å². The van der Waals surface area contributed by atoms with E-state index < -0.39 is 5.76 Å². The van der Waals surface area contributed by atoms with Gasteiger partial charge in [0.15, 0.2) is 17.5 Å². The van der Waals surface area contributed by atoms with Crippen molar-refractivity contribution in [1.29, 1.82) is 0 Å². The molecule has 7 nitrogen and oxygen atoms in total. The van der Waals surface area contributed by atoms with Gasteiger partial charge in [-0.3, -0.25) is 9.36 Å². The van der Waals surface area contributed by atoms with Crippen LogP contribution in [0.1, 0.15) is 5.89 Å². The summed E-state index contributed by atoms with van der Waals surface area (Å²) < 4.78 is 12.1. The van der Waals surface area contributed by atoms with E-state index in [0.717, 1.165) is 0 Å². The number of allylic oxidation sites excluding steroid dienone is 1. The summed E-state index contributed by atoms with van der Waals surface area (Å²) in [5, 5.41) is 2.99. The Hall–Kier alpha value is -3.61. The SMILES string of the molecule is Cn1c(=O)oc2cc(N/C=C(\C=O)c3nc4ccccc4o3)ccc21. The zero-order valence-corrected chi connectivity index (χ0v) is 13.2. The number of aromatic nitrogens is 2. The Morgan fingerprint density at radius 2 is 2.00 bits per heavy atom. The van der Waals surface area contributed by atoms with Crippen molar-refractivity contribution in [2.24, 2.45) is 7.05 Å². The van der Waals surface area contributed by atoms with E-state index in [-0.39, 0.29) is 11.5 Å². The zero-order valence-electron chi connectivity index (χ0n) is 13.2. The molecule has 0 radical (unpaired) electrons. The van der Waals surface area contributed by atoms with Crippen LogP contribution in [-0.4, -0.2) is 15.8 Å². The lowest BCUT2D eigenvalue weighted by Crippen LogP contribution is -2.08. The largest absolute Gasteiger partial charge is 0.436 e. The Balaban J connectivity index is 1.66. The number of oxazole rings is 2. The number of nitrogens with zero attached hydrogens (tertiary/aromatic N) is 2. The smallest absolute Gasteiger partial charge is 0.419 e. The van der Waals surface area contributed by atoms with E-state index in [0.29, 0.717) is 34.2 Å². The van der Waals surface area contributed by atoms with E-state index in [4.69, 9.17) is 8.83 Å². The maximum absolute atomic E-state index is 11.5. The molecule has 25 heavy (non-hydrogen) atoms. The molecule has 0 amide bonds. The molecule has 4 rings (SSSR count). The second-order valence-electron chi connectivity index (χ2n) is 5.46. The highest BCUT2D eigenvalue weighted by Crippen LogP contribution is 2.21. The number of hydrogen-bond acceptors (Lipinski definition) is 6. The molecule has 2 aromatic heterocycles. The Morgan fingerprint density at radius 3 is 2.80 bits per heavy atom. The minimum absolute atomic E-state index is 0.232. The number of aryl methyl sites for hydroxylation is 1. The summed E-state index contributed by atoms with van der Waals surface area (Å²) in [4.78, 5) is 27.2. The van der Waals surface area contributed by atoms with E-state index in [1.54, 1.807) is 31.3 Å². The molecule has 0 aliphatic heterocycles. The summed E-state index contributed by atoms with van der Waals surface area (Å²) in [7, 11) is 1.64. The van der Waals surface area contributed by atoms with Crippen LogP contribution in [-0.2, 0) is 11.8 Å². The molecule has 4 aromatic rings. The number of aldehydes is 1. The van der Waals surface area contributed by atoms with Crippen LogP contribution in [0, 0.1) is 0 Å². The van der Waals surface area contributed by atoms with Gasteiger partial charge in [-0.25, -0.2) is 9.78 Å². The molecule has 2 aromatic carbocycles. The van der Waals surface area contributed by atoms with E-state index >= 15 is 0 Å². The molecule has 0 spiro atoms. The number of carbonyl (C=O) groups is 1. The molecule has 7 heteroatoms. The lowest BCUT2D eigenvalue weighted by Gasteiger charge is -2.01. The summed E-state index contributed by atoms with van der Waals surface area (Å²) in [6.45, 7) is 0. The van der Waals surface area contributed by atoms with Crippen molar-refractivity contribution < 1.29 is 13.6 Å². The summed E-state index contributed by atoms with van der Waals surface area (Å²) in [6, 6.07) is 12.5. The number of para-hydroxylation sites is 2. The van der Waals surface area contributed by atoms with Gasteiger partial charge in [0.2, 0.25) is 5.89 Å². The molecule has 0 saturated heterocycles. The molecule has 0 unspecified atom stereocenters. The van der Waals surface area contributed by atoms with Crippen molar-refractivity contribution in [2.75, 3.05) is 5.32 Å². The average molecular weight is 335 g/mol. The summed E-state index contributed by atoms with van der Waals surface area (Å²) in [5.74, 6) is -0.196. The van der Waals surface area contributed by atoms with Gasteiger partial charge >= 0.3 is 5.76 Å². The number of anilines is 1. The highest BCUT2D eigenvalue weighted by molar-refractivity contribution is 6.06. The first-order chi connectivity index (χ1) is 12.2. The molecular formula is C18H13N3O4. The first kappa shape index (κ1) is 14.9. The molecule has 0 atom stereocenters. The Labute approximate surface area is 141 Å². The van der Waals surface area contributed by atoms with Crippen LogP contribution in [0.2, 0.25) is 0 Å². The quantitative estimate of drug-likeness (QED) is 0.455. The van der Waals surface area contributed by atoms with Crippen molar-refractivity contribution >= 4 is 39.7 Å². The maximum atomic E-state index is 11.5. The average Bonchev–Trinajstić information content (AvgIpc) is 3.17. The second kappa shape index (κ2) is 5.79. The highest BCUT2D eigenvalue weighted by Gasteiger charge is 2.10. The monoisotopic (exact) mass is 335 g/mol. The minimum Gasteiger partial charge on any atom is -0.436 e. The van der Waals surface area contributed by atoms with Gasteiger partial charge in [-0.1, -0.05) is 12.1 Å².